The summed E-state index contributed by atoms with van der Waals surface area (Å²) in [5.41, 5.74) is 0.218. The lowest BCUT2D eigenvalue weighted by Crippen LogP contribution is -2.35. The van der Waals surface area contributed by atoms with E-state index < -0.39 is 0 Å². The SMILES string of the molecule is C=CCCOCC(C)(C)CNCC(C)C. The van der Waals surface area contributed by atoms with E-state index in [1.54, 1.807) is 0 Å². The molecule has 2 heteroatoms. The van der Waals surface area contributed by atoms with Crippen molar-refractivity contribution in [1.82, 2.24) is 5.32 Å². The van der Waals surface area contributed by atoms with Gasteiger partial charge in [-0.25, -0.2) is 0 Å². The van der Waals surface area contributed by atoms with Crippen LogP contribution in [0.25, 0.3) is 0 Å². The van der Waals surface area contributed by atoms with Crippen molar-refractivity contribution in [3.05, 3.63) is 12.7 Å². The Hall–Kier alpha value is -0.340. The molecule has 0 unspecified atom stereocenters. The third-order valence-corrected chi connectivity index (χ3v) is 2.12. The summed E-state index contributed by atoms with van der Waals surface area (Å²) in [6.07, 6.45) is 2.83. The summed E-state index contributed by atoms with van der Waals surface area (Å²) in [5, 5.41) is 3.47. The van der Waals surface area contributed by atoms with Gasteiger partial charge in [-0.2, -0.15) is 0 Å². The fourth-order valence-electron chi connectivity index (χ4n) is 1.27. The van der Waals surface area contributed by atoms with Crippen LogP contribution in [0, 0.1) is 11.3 Å². The van der Waals surface area contributed by atoms with Gasteiger partial charge in [0.2, 0.25) is 0 Å². The molecule has 1 N–H and O–H groups in total. The fourth-order valence-corrected chi connectivity index (χ4v) is 1.27. The normalized spacial score (nSPS) is 12.1. The highest BCUT2D eigenvalue weighted by Gasteiger charge is 2.17. The second-order valence-electron chi connectivity index (χ2n) is 5.32. The highest BCUT2D eigenvalue weighted by atomic mass is 16.5. The first kappa shape index (κ1) is 14.7. The number of hydrogen-bond donors (Lipinski definition) is 1. The molecule has 0 aliphatic heterocycles. The summed E-state index contributed by atoms with van der Waals surface area (Å²) in [7, 11) is 0. The minimum Gasteiger partial charge on any atom is -0.381 e. The van der Waals surface area contributed by atoms with Crippen LogP contribution in [0.1, 0.15) is 34.1 Å². The van der Waals surface area contributed by atoms with Gasteiger partial charge >= 0.3 is 0 Å². The predicted molar refractivity (Wildman–Crippen MR) is 67.1 cm³/mol. The zero-order chi connectivity index (χ0) is 11.7. The van der Waals surface area contributed by atoms with E-state index in [0.717, 1.165) is 32.7 Å². The van der Waals surface area contributed by atoms with E-state index in [2.05, 4.69) is 39.6 Å². The summed E-state index contributed by atoms with van der Waals surface area (Å²) in [6, 6.07) is 0. The van der Waals surface area contributed by atoms with Gasteiger partial charge in [0.1, 0.15) is 0 Å². The average molecular weight is 213 g/mol. The van der Waals surface area contributed by atoms with E-state index in [9.17, 15) is 0 Å². The van der Waals surface area contributed by atoms with Crippen molar-refractivity contribution in [3.8, 4) is 0 Å². The zero-order valence-corrected chi connectivity index (χ0v) is 10.8. The first-order valence-electron chi connectivity index (χ1n) is 5.87. The molecule has 0 radical (unpaired) electrons. The largest absolute Gasteiger partial charge is 0.381 e. The molecular formula is C13H27NO. The monoisotopic (exact) mass is 213 g/mol. The van der Waals surface area contributed by atoms with Crippen LogP contribution in [0.5, 0.6) is 0 Å². The molecule has 0 atom stereocenters. The number of nitrogens with one attached hydrogen (secondary N) is 1. The van der Waals surface area contributed by atoms with Crippen LogP contribution >= 0.6 is 0 Å². The molecule has 2 nitrogen and oxygen atoms in total. The number of ether oxygens (including phenoxy) is 1. The van der Waals surface area contributed by atoms with Crippen molar-refractivity contribution in [2.45, 2.75) is 34.1 Å². The second-order valence-corrected chi connectivity index (χ2v) is 5.32. The maximum Gasteiger partial charge on any atom is 0.0529 e. The Bertz CT molecular complexity index is 164. The molecular weight excluding hydrogens is 186 g/mol. The van der Waals surface area contributed by atoms with Crippen LogP contribution in [0.4, 0.5) is 0 Å². The fraction of sp³-hybridized carbons (Fsp3) is 0.846. The van der Waals surface area contributed by atoms with Crippen molar-refractivity contribution < 1.29 is 4.74 Å². The van der Waals surface area contributed by atoms with Gasteiger partial charge in [0.15, 0.2) is 0 Å². The molecule has 0 bridgehead atoms. The third kappa shape index (κ3) is 9.95. The molecule has 90 valence electrons. The Morgan fingerprint density at radius 1 is 1.40 bits per heavy atom. The molecule has 0 aliphatic carbocycles. The Morgan fingerprint density at radius 2 is 2.07 bits per heavy atom. The van der Waals surface area contributed by atoms with Crippen LogP contribution in [0.2, 0.25) is 0 Å². The van der Waals surface area contributed by atoms with Gasteiger partial charge in [-0.3, -0.25) is 0 Å². The van der Waals surface area contributed by atoms with Crippen LogP contribution in [-0.2, 0) is 4.74 Å². The smallest absolute Gasteiger partial charge is 0.0529 e. The minimum atomic E-state index is 0.218. The van der Waals surface area contributed by atoms with Crippen LogP contribution in [0.15, 0.2) is 12.7 Å². The Kier molecular flexibility index (Phi) is 7.71. The van der Waals surface area contributed by atoms with E-state index in [0.29, 0.717) is 5.92 Å². The summed E-state index contributed by atoms with van der Waals surface area (Å²) in [4.78, 5) is 0. The molecule has 0 aromatic heterocycles. The van der Waals surface area contributed by atoms with Gasteiger partial charge in [-0.05, 0) is 18.9 Å². The molecule has 0 aliphatic rings. The van der Waals surface area contributed by atoms with Crippen molar-refractivity contribution >= 4 is 0 Å². The molecule has 0 aromatic rings. The molecule has 0 heterocycles. The summed E-state index contributed by atoms with van der Waals surface area (Å²) < 4.78 is 5.59. The van der Waals surface area contributed by atoms with Crippen molar-refractivity contribution in [2.75, 3.05) is 26.3 Å². The Labute approximate surface area is 95.1 Å². The molecule has 0 amide bonds. The molecule has 0 fully saturated rings. The highest BCUT2D eigenvalue weighted by molar-refractivity contribution is 4.72. The Morgan fingerprint density at radius 3 is 2.60 bits per heavy atom. The zero-order valence-electron chi connectivity index (χ0n) is 10.8. The van der Waals surface area contributed by atoms with Crippen molar-refractivity contribution in [1.29, 1.82) is 0 Å². The topological polar surface area (TPSA) is 21.3 Å². The molecule has 0 saturated carbocycles. The maximum absolute atomic E-state index is 5.59. The maximum atomic E-state index is 5.59. The average Bonchev–Trinajstić information content (AvgIpc) is 2.11. The third-order valence-electron chi connectivity index (χ3n) is 2.12. The minimum absolute atomic E-state index is 0.218. The Balaban J connectivity index is 3.52. The van der Waals surface area contributed by atoms with Gasteiger partial charge in [0.25, 0.3) is 0 Å². The standard InChI is InChI=1S/C13H27NO/c1-6-7-8-15-11-13(4,5)10-14-9-12(2)3/h6,12,14H,1,7-11H2,2-5H3. The molecule has 0 saturated heterocycles. The number of rotatable bonds is 9. The van der Waals surface area contributed by atoms with E-state index in [-0.39, 0.29) is 5.41 Å². The van der Waals surface area contributed by atoms with Gasteiger partial charge in [0, 0.05) is 12.0 Å². The summed E-state index contributed by atoms with van der Waals surface area (Å²) >= 11 is 0. The van der Waals surface area contributed by atoms with Crippen LogP contribution in [0.3, 0.4) is 0 Å². The predicted octanol–water partition coefficient (Wildman–Crippen LogP) is 2.85. The molecule has 15 heavy (non-hydrogen) atoms. The lowest BCUT2D eigenvalue weighted by atomic mass is 9.94. The van der Waals surface area contributed by atoms with E-state index >= 15 is 0 Å². The van der Waals surface area contributed by atoms with E-state index in [1.165, 1.54) is 0 Å². The molecule has 0 rings (SSSR count). The first-order valence-corrected chi connectivity index (χ1v) is 5.87. The number of hydrogen-bond acceptors (Lipinski definition) is 2. The highest BCUT2D eigenvalue weighted by Crippen LogP contribution is 2.14. The summed E-state index contributed by atoms with van der Waals surface area (Å²) in [6.45, 7) is 16.3. The van der Waals surface area contributed by atoms with Gasteiger partial charge in [-0.15, -0.1) is 6.58 Å². The van der Waals surface area contributed by atoms with Crippen LogP contribution in [-0.4, -0.2) is 26.3 Å². The van der Waals surface area contributed by atoms with E-state index in [4.69, 9.17) is 4.74 Å². The lowest BCUT2D eigenvalue weighted by Gasteiger charge is -2.25. The first-order chi connectivity index (χ1) is 6.98. The second kappa shape index (κ2) is 7.89. The molecule has 0 spiro atoms. The molecule has 0 aromatic carbocycles. The van der Waals surface area contributed by atoms with Crippen molar-refractivity contribution in [3.63, 3.8) is 0 Å². The lowest BCUT2D eigenvalue weighted by molar-refractivity contribution is 0.0647. The summed E-state index contributed by atoms with van der Waals surface area (Å²) in [5.74, 6) is 0.711. The van der Waals surface area contributed by atoms with E-state index in [1.807, 2.05) is 6.08 Å². The van der Waals surface area contributed by atoms with Gasteiger partial charge in [-0.1, -0.05) is 33.8 Å². The van der Waals surface area contributed by atoms with Gasteiger partial charge < -0.3 is 10.1 Å². The van der Waals surface area contributed by atoms with Gasteiger partial charge in [0.05, 0.1) is 13.2 Å². The van der Waals surface area contributed by atoms with Crippen LogP contribution < -0.4 is 5.32 Å². The van der Waals surface area contributed by atoms with Crippen molar-refractivity contribution in [2.24, 2.45) is 11.3 Å². The quantitative estimate of drug-likeness (QED) is 0.470.